The minimum Gasteiger partial charge on any atom is -0.361 e. The molecule has 0 bridgehead atoms. The van der Waals surface area contributed by atoms with Gasteiger partial charge in [-0.15, -0.1) is 0 Å². The second-order valence-corrected chi connectivity index (χ2v) is 5.05. The molecule has 2 aromatic heterocycles. The Morgan fingerprint density at radius 2 is 2.16 bits per heavy atom. The number of rotatable bonds is 4. The van der Waals surface area contributed by atoms with Crippen LogP contribution in [0.2, 0.25) is 0 Å². The van der Waals surface area contributed by atoms with E-state index < -0.39 is 0 Å². The van der Waals surface area contributed by atoms with Crippen molar-refractivity contribution in [2.24, 2.45) is 7.05 Å². The Balaban J connectivity index is 1.75. The van der Waals surface area contributed by atoms with Gasteiger partial charge in [0.1, 0.15) is 0 Å². The molecule has 0 atom stereocenters. The lowest BCUT2D eigenvalue weighted by molar-refractivity contribution is 0.320. The molecule has 0 amide bonds. The van der Waals surface area contributed by atoms with Gasteiger partial charge in [0.2, 0.25) is 0 Å². The topological polar surface area (TPSA) is 36.9 Å². The number of aromatic amines is 1. The van der Waals surface area contributed by atoms with E-state index in [1.165, 1.54) is 22.0 Å². The summed E-state index contributed by atoms with van der Waals surface area (Å²) in [4.78, 5) is 5.56. The van der Waals surface area contributed by atoms with Crippen LogP contribution in [0.5, 0.6) is 0 Å². The van der Waals surface area contributed by atoms with Gasteiger partial charge >= 0.3 is 0 Å². The smallest absolute Gasteiger partial charge is 0.0534 e. The average Bonchev–Trinajstić information content (AvgIpc) is 2.98. The SMILES string of the molecule is CN(Cc1cnn(C)c1)Cc1cccc2[nH]ccc12. The summed E-state index contributed by atoms with van der Waals surface area (Å²) in [5.74, 6) is 0. The van der Waals surface area contributed by atoms with Gasteiger partial charge in [0.15, 0.2) is 0 Å². The van der Waals surface area contributed by atoms with Crippen LogP contribution in [-0.2, 0) is 20.1 Å². The highest BCUT2D eigenvalue weighted by molar-refractivity contribution is 5.82. The van der Waals surface area contributed by atoms with Crippen LogP contribution in [0, 0.1) is 0 Å². The van der Waals surface area contributed by atoms with E-state index in [1.807, 2.05) is 24.1 Å². The fraction of sp³-hybridized carbons (Fsp3) is 0.267. The molecule has 3 rings (SSSR count). The third kappa shape index (κ3) is 2.53. The number of aryl methyl sites for hydroxylation is 1. The highest BCUT2D eigenvalue weighted by atomic mass is 15.2. The lowest BCUT2D eigenvalue weighted by atomic mass is 10.1. The average molecular weight is 254 g/mol. The molecule has 0 spiro atoms. The maximum atomic E-state index is 4.20. The number of hydrogen-bond acceptors (Lipinski definition) is 2. The molecule has 1 aromatic carbocycles. The van der Waals surface area contributed by atoms with Gasteiger partial charge in [-0.2, -0.15) is 5.10 Å². The van der Waals surface area contributed by atoms with Gasteiger partial charge in [0, 0.05) is 49.0 Å². The number of fused-ring (bicyclic) bond motifs is 1. The lowest BCUT2D eigenvalue weighted by Crippen LogP contribution is -2.17. The van der Waals surface area contributed by atoms with Crippen LogP contribution in [0.3, 0.4) is 0 Å². The molecular weight excluding hydrogens is 236 g/mol. The molecule has 0 fully saturated rings. The molecule has 0 aliphatic carbocycles. The Hall–Kier alpha value is -2.07. The number of nitrogens with one attached hydrogen (secondary N) is 1. The quantitative estimate of drug-likeness (QED) is 0.776. The zero-order chi connectivity index (χ0) is 13.2. The van der Waals surface area contributed by atoms with Gasteiger partial charge in [0.05, 0.1) is 6.20 Å². The maximum absolute atomic E-state index is 4.20. The van der Waals surface area contributed by atoms with E-state index in [2.05, 4.69) is 52.5 Å². The highest BCUT2D eigenvalue weighted by Crippen LogP contribution is 2.19. The Bertz CT molecular complexity index is 680. The fourth-order valence-corrected chi connectivity index (χ4v) is 2.50. The summed E-state index contributed by atoms with van der Waals surface area (Å²) >= 11 is 0. The van der Waals surface area contributed by atoms with Crippen LogP contribution in [0.4, 0.5) is 0 Å². The summed E-state index contributed by atoms with van der Waals surface area (Å²) < 4.78 is 1.84. The Kier molecular flexibility index (Phi) is 3.09. The summed E-state index contributed by atoms with van der Waals surface area (Å²) in [6.07, 6.45) is 5.98. The zero-order valence-corrected chi connectivity index (χ0v) is 11.3. The number of aromatic nitrogens is 3. The molecule has 0 aliphatic rings. The fourth-order valence-electron chi connectivity index (χ4n) is 2.50. The molecule has 2 heterocycles. The molecular formula is C15H18N4. The number of H-pyrrole nitrogens is 1. The van der Waals surface area contributed by atoms with Gasteiger partial charge in [-0.05, 0) is 24.7 Å². The molecule has 0 saturated heterocycles. The van der Waals surface area contributed by atoms with Gasteiger partial charge < -0.3 is 4.98 Å². The third-order valence-electron chi connectivity index (χ3n) is 3.34. The molecule has 4 nitrogen and oxygen atoms in total. The van der Waals surface area contributed by atoms with Crippen LogP contribution >= 0.6 is 0 Å². The van der Waals surface area contributed by atoms with Crippen LogP contribution < -0.4 is 0 Å². The summed E-state index contributed by atoms with van der Waals surface area (Å²) in [6, 6.07) is 8.55. The van der Waals surface area contributed by atoms with E-state index in [0.717, 1.165) is 13.1 Å². The van der Waals surface area contributed by atoms with Crippen molar-refractivity contribution in [3.63, 3.8) is 0 Å². The van der Waals surface area contributed by atoms with E-state index in [1.54, 1.807) is 0 Å². The van der Waals surface area contributed by atoms with Crippen molar-refractivity contribution >= 4 is 10.9 Å². The van der Waals surface area contributed by atoms with Crippen molar-refractivity contribution in [2.45, 2.75) is 13.1 Å². The summed E-state index contributed by atoms with van der Waals surface area (Å²) in [5, 5.41) is 5.51. The molecule has 98 valence electrons. The van der Waals surface area contributed by atoms with Crippen molar-refractivity contribution in [1.82, 2.24) is 19.7 Å². The highest BCUT2D eigenvalue weighted by Gasteiger charge is 2.06. The van der Waals surface area contributed by atoms with Crippen molar-refractivity contribution < 1.29 is 0 Å². The van der Waals surface area contributed by atoms with Crippen LogP contribution in [-0.4, -0.2) is 26.7 Å². The first kappa shape index (κ1) is 12.0. The van der Waals surface area contributed by atoms with E-state index in [0.29, 0.717) is 0 Å². The van der Waals surface area contributed by atoms with Gasteiger partial charge in [0.25, 0.3) is 0 Å². The van der Waals surface area contributed by atoms with Crippen molar-refractivity contribution in [1.29, 1.82) is 0 Å². The van der Waals surface area contributed by atoms with E-state index in [-0.39, 0.29) is 0 Å². The number of hydrogen-bond donors (Lipinski definition) is 1. The first-order valence-electron chi connectivity index (χ1n) is 6.43. The van der Waals surface area contributed by atoms with Crippen molar-refractivity contribution in [2.75, 3.05) is 7.05 Å². The monoisotopic (exact) mass is 254 g/mol. The first-order valence-corrected chi connectivity index (χ1v) is 6.43. The third-order valence-corrected chi connectivity index (χ3v) is 3.34. The van der Waals surface area contributed by atoms with Crippen LogP contribution in [0.15, 0.2) is 42.9 Å². The molecule has 0 unspecified atom stereocenters. The molecule has 3 aromatic rings. The van der Waals surface area contributed by atoms with Crippen molar-refractivity contribution in [3.05, 3.63) is 54.0 Å². The zero-order valence-electron chi connectivity index (χ0n) is 11.3. The molecule has 0 radical (unpaired) electrons. The standard InChI is InChI=1S/C15H18N4/c1-18(9-12-8-17-19(2)10-12)11-13-4-3-5-15-14(13)6-7-16-15/h3-8,10,16H,9,11H2,1-2H3. The van der Waals surface area contributed by atoms with Crippen LogP contribution in [0.1, 0.15) is 11.1 Å². The lowest BCUT2D eigenvalue weighted by Gasteiger charge is -2.16. The van der Waals surface area contributed by atoms with Crippen molar-refractivity contribution in [3.8, 4) is 0 Å². The largest absolute Gasteiger partial charge is 0.361 e. The Morgan fingerprint density at radius 3 is 2.95 bits per heavy atom. The summed E-state index contributed by atoms with van der Waals surface area (Å²) in [5.41, 5.74) is 3.80. The molecule has 0 saturated carbocycles. The number of benzene rings is 1. The van der Waals surface area contributed by atoms with Gasteiger partial charge in [-0.3, -0.25) is 9.58 Å². The van der Waals surface area contributed by atoms with Gasteiger partial charge in [-0.25, -0.2) is 0 Å². The van der Waals surface area contributed by atoms with E-state index >= 15 is 0 Å². The maximum Gasteiger partial charge on any atom is 0.0534 e. The molecule has 19 heavy (non-hydrogen) atoms. The predicted octanol–water partition coefficient (Wildman–Crippen LogP) is 2.53. The second kappa shape index (κ2) is 4.90. The Labute approximate surface area is 112 Å². The molecule has 1 N–H and O–H groups in total. The van der Waals surface area contributed by atoms with E-state index in [4.69, 9.17) is 0 Å². The van der Waals surface area contributed by atoms with Gasteiger partial charge in [-0.1, -0.05) is 12.1 Å². The molecule has 0 aliphatic heterocycles. The summed E-state index contributed by atoms with van der Waals surface area (Å²) in [6.45, 7) is 1.85. The predicted molar refractivity (Wildman–Crippen MR) is 76.7 cm³/mol. The minimum atomic E-state index is 0.911. The normalized spacial score (nSPS) is 11.5. The first-order chi connectivity index (χ1) is 9.22. The van der Waals surface area contributed by atoms with Crippen LogP contribution in [0.25, 0.3) is 10.9 Å². The summed E-state index contributed by atoms with van der Waals surface area (Å²) in [7, 11) is 4.09. The second-order valence-electron chi connectivity index (χ2n) is 5.05. The van der Waals surface area contributed by atoms with E-state index in [9.17, 15) is 0 Å². The minimum absolute atomic E-state index is 0.911. The molecule has 4 heteroatoms. The number of nitrogens with zero attached hydrogens (tertiary/aromatic N) is 3. The Morgan fingerprint density at radius 1 is 1.26 bits per heavy atom.